The molecule has 24 heavy (non-hydrogen) atoms. The number of nitrogens with zero attached hydrogens (tertiary/aromatic N) is 1. The third-order valence-electron chi connectivity index (χ3n) is 4.66. The predicted molar refractivity (Wildman–Crippen MR) is 86.9 cm³/mol. The highest BCUT2D eigenvalue weighted by molar-refractivity contribution is 5.86. The molecule has 5 nitrogen and oxygen atoms in total. The van der Waals surface area contributed by atoms with Gasteiger partial charge < -0.3 is 11.1 Å². The zero-order valence-corrected chi connectivity index (χ0v) is 13.6. The number of benzene rings is 1. The molecule has 1 aromatic rings. The van der Waals surface area contributed by atoms with Crippen LogP contribution < -0.4 is 11.1 Å². The molecule has 0 bridgehead atoms. The van der Waals surface area contributed by atoms with Gasteiger partial charge in [0.05, 0.1) is 12.0 Å². The molecule has 0 aromatic heterocycles. The summed E-state index contributed by atoms with van der Waals surface area (Å²) in [6.07, 6.45) is 4.16. The van der Waals surface area contributed by atoms with E-state index in [9.17, 15) is 19.2 Å². The minimum Gasteiger partial charge on any atom is -0.369 e. The van der Waals surface area contributed by atoms with Crippen LogP contribution in [0.25, 0.3) is 0 Å². The van der Waals surface area contributed by atoms with Gasteiger partial charge in [-0.2, -0.15) is 5.26 Å². The van der Waals surface area contributed by atoms with E-state index in [0.717, 1.165) is 24.8 Å². The Morgan fingerprint density at radius 2 is 1.88 bits per heavy atom. The number of hydrogen-bond donors (Lipinski definition) is 2. The molecule has 0 heterocycles. The molecule has 6 heteroatoms. The van der Waals surface area contributed by atoms with E-state index in [1.54, 1.807) is 12.1 Å². The van der Waals surface area contributed by atoms with E-state index in [1.165, 1.54) is 12.1 Å². The molecule has 0 unspecified atom stereocenters. The Balaban J connectivity index is 1.98. The number of nitrogens with one attached hydrogen (secondary N) is 1. The fourth-order valence-electron chi connectivity index (χ4n) is 3.11. The standard InChI is InChI=1S/C18H22FN3O2/c19-15-6-4-13(5-7-15)10-14(16(21)23)11-22-17(24)18(12-20)8-2-1-3-9-18/h4-7,14H,1-3,8-11H2,(H2,21,23)(H,22,24)/t14-/m0/s1. The lowest BCUT2D eigenvalue weighted by atomic mass is 9.74. The van der Waals surface area contributed by atoms with Gasteiger partial charge in [-0.3, -0.25) is 9.59 Å². The third kappa shape index (κ3) is 4.31. The lowest BCUT2D eigenvalue weighted by Crippen LogP contribution is -2.45. The smallest absolute Gasteiger partial charge is 0.240 e. The lowest BCUT2D eigenvalue weighted by Gasteiger charge is -2.29. The molecule has 0 spiro atoms. The molecule has 1 aromatic carbocycles. The van der Waals surface area contributed by atoms with Crippen LogP contribution in [0.2, 0.25) is 0 Å². The lowest BCUT2D eigenvalue weighted by molar-refractivity contribution is -0.130. The van der Waals surface area contributed by atoms with Crippen molar-refractivity contribution in [2.75, 3.05) is 6.54 Å². The summed E-state index contributed by atoms with van der Waals surface area (Å²) in [5.74, 6) is -1.81. The fourth-order valence-corrected chi connectivity index (χ4v) is 3.11. The largest absolute Gasteiger partial charge is 0.369 e. The number of carbonyl (C=O) groups excluding carboxylic acids is 2. The molecule has 1 aliphatic carbocycles. The molecule has 0 saturated heterocycles. The highest BCUT2D eigenvalue weighted by Crippen LogP contribution is 2.35. The van der Waals surface area contributed by atoms with Gasteiger partial charge >= 0.3 is 0 Å². The maximum absolute atomic E-state index is 12.9. The van der Waals surface area contributed by atoms with Crippen molar-refractivity contribution in [3.05, 3.63) is 35.6 Å². The molecule has 128 valence electrons. The average molecular weight is 331 g/mol. The molecule has 0 aliphatic heterocycles. The van der Waals surface area contributed by atoms with Crippen LogP contribution in [0.15, 0.2) is 24.3 Å². The zero-order chi connectivity index (χ0) is 17.6. The van der Waals surface area contributed by atoms with Crippen LogP contribution in [0.4, 0.5) is 4.39 Å². The van der Waals surface area contributed by atoms with Crippen molar-refractivity contribution in [2.24, 2.45) is 17.1 Å². The first-order valence-electron chi connectivity index (χ1n) is 8.20. The summed E-state index contributed by atoms with van der Waals surface area (Å²) < 4.78 is 12.9. The molecule has 1 aliphatic rings. The van der Waals surface area contributed by atoms with Gasteiger partial charge in [0.1, 0.15) is 11.2 Å². The Morgan fingerprint density at radius 3 is 2.42 bits per heavy atom. The quantitative estimate of drug-likeness (QED) is 0.835. The van der Waals surface area contributed by atoms with Gasteiger partial charge in [-0.25, -0.2) is 4.39 Å². The molecular weight excluding hydrogens is 309 g/mol. The SMILES string of the molecule is N#CC1(C(=O)NC[C@H](Cc2ccc(F)cc2)C(N)=O)CCCCC1. The molecule has 2 rings (SSSR count). The van der Waals surface area contributed by atoms with Crippen molar-refractivity contribution >= 4 is 11.8 Å². The van der Waals surface area contributed by atoms with Crippen LogP contribution >= 0.6 is 0 Å². The number of halogens is 1. The first kappa shape index (κ1) is 17.9. The van der Waals surface area contributed by atoms with E-state index >= 15 is 0 Å². The number of carbonyl (C=O) groups is 2. The van der Waals surface area contributed by atoms with Gasteiger partial charge in [0.2, 0.25) is 11.8 Å². The zero-order valence-electron chi connectivity index (χ0n) is 13.6. The summed E-state index contributed by atoms with van der Waals surface area (Å²) in [4.78, 5) is 24.1. The van der Waals surface area contributed by atoms with Crippen LogP contribution in [0, 0.1) is 28.5 Å². The van der Waals surface area contributed by atoms with E-state index in [2.05, 4.69) is 11.4 Å². The van der Waals surface area contributed by atoms with Gasteiger partial charge in [-0.15, -0.1) is 0 Å². The third-order valence-corrected chi connectivity index (χ3v) is 4.66. The van der Waals surface area contributed by atoms with E-state index in [0.29, 0.717) is 19.3 Å². The van der Waals surface area contributed by atoms with Gasteiger partial charge in [0, 0.05) is 6.54 Å². The first-order valence-corrected chi connectivity index (χ1v) is 8.20. The van der Waals surface area contributed by atoms with Gasteiger partial charge in [0.15, 0.2) is 0 Å². The Labute approximate surface area is 141 Å². The second-order valence-electron chi connectivity index (χ2n) is 6.39. The monoisotopic (exact) mass is 331 g/mol. The summed E-state index contributed by atoms with van der Waals surface area (Å²) in [5.41, 5.74) is 5.19. The summed E-state index contributed by atoms with van der Waals surface area (Å²) in [6, 6.07) is 7.97. The van der Waals surface area contributed by atoms with Gasteiger partial charge in [0.25, 0.3) is 0 Å². The van der Waals surface area contributed by atoms with E-state index in [1.807, 2.05) is 0 Å². The first-order chi connectivity index (χ1) is 11.5. The Hall–Kier alpha value is -2.42. The number of rotatable bonds is 6. The summed E-state index contributed by atoms with van der Waals surface area (Å²) in [7, 11) is 0. The van der Waals surface area contributed by atoms with Crippen LogP contribution in [0.3, 0.4) is 0 Å². The molecule has 1 fully saturated rings. The molecular formula is C18H22FN3O2. The number of nitriles is 1. The fraction of sp³-hybridized carbons (Fsp3) is 0.500. The van der Waals surface area contributed by atoms with Crippen LogP contribution in [-0.2, 0) is 16.0 Å². The number of nitrogens with two attached hydrogens (primary N) is 1. The second kappa shape index (κ2) is 7.91. The van der Waals surface area contributed by atoms with E-state index in [-0.39, 0.29) is 18.3 Å². The molecule has 1 atom stereocenters. The van der Waals surface area contributed by atoms with Crippen molar-refractivity contribution in [1.82, 2.24) is 5.32 Å². The predicted octanol–water partition coefficient (Wildman–Crippen LogP) is 2.06. The van der Waals surface area contributed by atoms with Crippen molar-refractivity contribution in [3.63, 3.8) is 0 Å². The number of primary amides is 1. The minimum absolute atomic E-state index is 0.0783. The summed E-state index contributed by atoms with van der Waals surface area (Å²) in [6.45, 7) is 0.0783. The van der Waals surface area contributed by atoms with E-state index < -0.39 is 17.2 Å². The van der Waals surface area contributed by atoms with Crippen molar-refractivity contribution < 1.29 is 14.0 Å². The van der Waals surface area contributed by atoms with Crippen LogP contribution in [-0.4, -0.2) is 18.4 Å². The second-order valence-corrected chi connectivity index (χ2v) is 6.39. The average Bonchev–Trinajstić information content (AvgIpc) is 2.60. The number of amides is 2. The minimum atomic E-state index is -0.990. The summed E-state index contributed by atoms with van der Waals surface area (Å²) >= 11 is 0. The van der Waals surface area contributed by atoms with Gasteiger partial charge in [-0.1, -0.05) is 31.4 Å². The highest BCUT2D eigenvalue weighted by atomic mass is 19.1. The van der Waals surface area contributed by atoms with Crippen molar-refractivity contribution in [2.45, 2.75) is 38.5 Å². The highest BCUT2D eigenvalue weighted by Gasteiger charge is 2.39. The molecule has 3 N–H and O–H groups in total. The molecule has 2 amide bonds. The normalized spacial score (nSPS) is 17.5. The van der Waals surface area contributed by atoms with Crippen LogP contribution in [0.5, 0.6) is 0 Å². The molecule has 0 radical (unpaired) electrons. The summed E-state index contributed by atoms with van der Waals surface area (Å²) in [5, 5.41) is 12.1. The Morgan fingerprint density at radius 1 is 1.25 bits per heavy atom. The maximum atomic E-state index is 12.9. The molecule has 1 saturated carbocycles. The van der Waals surface area contributed by atoms with Gasteiger partial charge in [-0.05, 0) is 37.0 Å². The van der Waals surface area contributed by atoms with Crippen molar-refractivity contribution in [1.29, 1.82) is 5.26 Å². The van der Waals surface area contributed by atoms with E-state index in [4.69, 9.17) is 5.73 Å². The van der Waals surface area contributed by atoms with Crippen molar-refractivity contribution in [3.8, 4) is 6.07 Å². The topological polar surface area (TPSA) is 96.0 Å². The maximum Gasteiger partial charge on any atom is 0.240 e. The Kier molecular flexibility index (Phi) is 5.91. The number of hydrogen-bond acceptors (Lipinski definition) is 3. The van der Waals surface area contributed by atoms with Crippen LogP contribution in [0.1, 0.15) is 37.7 Å². The Bertz CT molecular complexity index is 631.